The van der Waals surface area contributed by atoms with Crippen molar-refractivity contribution in [3.05, 3.63) is 12.3 Å². The van der Waals surface area contributed by atoms with Crippen molar-refractivity contribution in [3.8, 4) is 0 Å². The van der Waals surface area contributed by atoms with Gasteiger partial charge < -0.3 is 14.5 Å². The molecule has 3 rings (SSSR count). The van der Waals surface area contributed by atoms with Crippen molar-refractivity contribution in [1.82, 2.24) is 14.9 Å². The maximum Gasteiger partial charge on any atom is 0.410 e. The van der Waals surface area contributed by atoms with E-state index in [-0.39, 0.29) is 11.7 Å². The van der Waals surface area contributed by atoms with E-state index in [1.807, 2.05) is 12.3 Å². The van der Waals surface area contributed by atoms with Gasteiger partial charge in [0.15, 0.2) is 5.16 Å². The number of ether oxygens (including phenoxy) is 1. The molecule has 2 aliphatic rings. The molecule has 0 unspecified atom stereocenters. The third-order valence-corrected chi connectivity index (χ3v) is 4.73. The molecule has 1 aromatic heterocycles. The van der Waals surface area contributed by atoms with E-state index in [9.17, 15) is 4.79 Å². The molecule has 0 saturated carbocycles. The Morgan fingerprint density at radius 1 is 1.38 bits per heavy atom. The number of carbonyl (C=O) groups is 1. The van der Waals surface area contributed by atoms with E-state index in [0.717, 1.165) is 43.3 Å². The highest BCUT2D eigenvalue weighted by Crippen LogP contribution is 2.33. The molecule has 1 atom stereocenters. The minimum absolute atomic E-state index is 0.199. The summed E-state index contributed by atoms with van der Waals surface area (Å²) >= 11 is 1.55. The molecule has 0 aliphatic carbocycles. The molecule has 1 spiro atoms. The van der Waals surface area contributed by atoms with Crippen LogP contribution < -0.4 is 4.90 Å². The van der Waals surface area contributed by atoms with Gasteiger partial charge in [0.05, 0.1) is 6.54 Å². The van der Waals surface area contributed by atoms with Crippen LogP contribution in [0.4, 0.5) is 10.6 Å². The minimum atomic E-state index is -0.310. The van der Waals surface area contributed by atoms with Gasteiger partial charge >= 0.3 is 6.09 Å². The van der Waals surface area contributed by atoms with E-state index in [4.69, 9.17) is 4.74 Å². The first-order chi connectivity index (χ1) is 10.1. The van der Waals surface area contributed by atoms with Crippen molar-refractivity contribution >= 4 is 23.7 Å². The van der Waals surface area contributed by atoms with E-state index < -0.39 is 0 Å². The second kappa shape index (κ2) is 5.71. The third kappa shape index (κ3) is 2.92. The number of likely N-dealkylation sites (N-methyl/N-ethyl adjacent to an activating group) is 1. The largest absolute Gasteiger partial charge is 0.441 e. The number of rotatable bonds is 2. The molecule has 7 heteroatoms. The lowest BCUT2D eigenvalue weighted by Crippen LogP contribution is -2.35. The van der Waals surface area contributed by atoms with Crippen LogP contribution in [0.15, 0.2) is 17.4 Å². The van der Waals surface area contributed by atoms with Crippen LogP contribution in [-0.4, -0.2) is 59.5 Å². The number of hydrogen-bond acceptors (Lipinski definition) is 6. The summed E-state index contributed by atoms with van der Waals surface area (Å²) in [7, 11) is 1.80. The average molecular weight is 308 g/mol. The number of hydrogen-bond donors (Lipinski definition) is 0. The van der Waals surface area contributed by atoms with Crippen molar-refractivity contribution in [2.24, 2.45) is 0 Å². The van der Waals surface area contributed by atoms with Crippen LogP contribution in [0.1, 0.15) is 19.3 Å². The second-order valence-corrected chi connectivity index (χ2v) is 6.42. The van der Waals surface area contributed by atoms with Gasteiger partial charge in [0, 0.05) is 32.8 Å². The molecule has 21 heavy (non-hydrogen) atoms. The maximum atomic E-state index is 11.7. The van der Waals surface area contributed by atoms with Crippen molar-refractivity contribution < 1.29 is 9.53 Å². The zero-order valence-electron chi connectivity index (χ0n) is 12.4. The standard InChI is InChI=1S/C14H20N4O2S/c1-17-10-14(20-13(17)19)5-3-8-18(9-6-14)11-4-7-15-12(16-11)21-2/h4,7H,3,5-6,8-10H2,1-2H3/t14-/m1/s1. The second-order valence-electron chi connectivity index (χ2n) is 5.65. The number of carbonyl (C=O) groups excluding carboxylic acids is 1. The van der Waals surface area contributed by atoms with Gasteiger partial charge in [-0.1, -0.05) is 11.8 Å². The number of thioether (sulfide) groups is 1. The van der Waals surface area contributed by atoms with Crippen molar-refractivity contribution in [2.75, 3.05) is 37.8 Å². The molecule has 0 radical (unpaired) electrons. The van der Waals surface area contributed by atoms with E-state index in [0.29, 0.717) is 6.54 Å². The van der Waals surface area contributed by atoms with E-state index in [2.05, 4.69) is 14.9 Å². The molecule has 1 aromatic rings. The minimum Gasteiger partial charge on any atom is -0.441 e. The lowest BCUT2D eigenvalue weighted by Gasteiger charge is -2.25. The first-order valence-electron chi connectivity index (χ1n) is 7.18. The number of aromatic nitrogens is 2. The van der Waals surface area contributed by atoms with Crippen molar-refractivity contribution in [2.45, 2.75) is 30.0 Å². The Morgan fingerprint density at radius 2 is 2.24 bits per heavy atom. The molecular formula is C14H20N4O2S. The van der Waals surface area contributed by atoms with Gasteiger partial charge in [-0.05, 0) is 25.2 Å². The molecule has 2 aliphatic heterocycles. The van der Waals surface area contributed by atoms with E-state index in [1.54, 1.807) is 29.9 Å². The van der Waals surface area contributed by atoms with Gasteiger partial charge in [-0.2, -0.15) is 0 Å². The molecule has 2 saturated heterocycles. The molecule has 3 heterocycles. The Morgan fingerprint density at radius 3 is 2.95 bits per heavy atom. The summed E-state index contributed by atoms with van der Waals surface area (Å²) in [5.74, 6) is 0.962. The number of nitrogens with zero attached hydrogens (tertiary/aromatic N) is 4. The quantitative estimate of drug-likeness (QED) is 0.615. The van der Waals surface area contributed by atoms with Crippen LogP contribution >= 0.6 is 11.8 Å². The van der Waals surface area contributed by atoms with Crippen LogP contribution in [0.25, 0.3) is 0 Å². The highest BCUT2D eigenvalue weighted by molar-refractivity contribution is 7.98. The molecule has 2 fully saturated rings. The summed E-state index contributed by atoms with van der Waals surface area (Å²) in [4.78, 5) is 24.4. The van der Waals surface area contributed by atoms with Gasteiger partial charge in [0.2, 0.25) is 0 Å². The smallest absolute Gasteiger partial charge is 0.410 e. The van der Waals surface area contributed by atoms with Crippen LogP contribution in [0, 0.1) is 0 Å². The molecule has 0 aromatic carbocycles. The predicted octanol–water partition coefficient (Wildman–Crippen LogP) is 2.01. The van der Waals surface area contributed by atoms with Crippen molar-refractivity contribution in [1.29, 1.82) is 0 Å². The van der Waals surface area contributed by atoms with Crippen LogP contribution in [-0.2, 0) is 4.74 Å². The van der Waals surface area contributed by atoms with Gasteiger partial charge in [-0.25, -0.2) is 14.8 Å². The molecular weight excluding hydrogens is 288 g/mol. The maximum absolute atomic E-state index is 11.7. The van der Waals surface area contributed by atoms with Gasteiger partial charge in [0.25, 0.3) is 0 Å². The molecule has 1 amide bonds. The molecule has 0 N–H and O–H groups in total. The highest BCUT2D eigenvalue weighted by Gasteiger charge is 2.44. The molecule has 0 bridgehead atoms. The highest BCUT2D eigenvalue weighted by atomic mass is 32.2. The number of anilines is 1. The summed E-state index contributed by atoms with van der Waals surface area (Å²) < 4.78 is 5.63. The van der Waals surface area contributed by atoms with Crippen LogP contribution in [0.2, 0.25) is 0 Å². The van der Waals surface area contributed by atoms with E-state index >= 15 is 0 Å². The van der Waals surface area contributed by atoms with Crippen molar-refractivity contribution in [3.63, 3.8) is 0 Å². The Hall–Kier alpha value is -1.50. The number of amides is 1. The normalized spacial score (nSPS) is 26.1. The summed E-state index contributed by atoms with van der Waals surface area (Å²) in [6, 6.07) is 1.95. The first-order valence-corrected chi connectivity index (χ1v) is 8.40. The topological polar surface area (TPSA) is 58.6 Å². The summed E-state index contributed by atoms with van der Waals surface area (Å²) in [6.45, 7) is 2.49. The molecule has 114 valence electrons. The predicted molar refractivity (Wildman–Crippen MR) is 81.7 cm³/mol. The third-order valence-electron chi connectivity index (χ3n) is 4.16. The van der Waals surface area contributed by atoms with E-state index in [1.165, 1.54) is 0 Å². The Bertz CT molecular complexity index is 541. The zero-order valence-corrected chi connectivity index (χ0v) is 13.2. The fraction of sp³-hybridized carbons (Fsp3) is 0.643. The van der Waals surface area contributed by atoms with Gasteiger partial charge in [-0.3, -0.25) is 0 Å². The monoisotopic (exact) mass is 308 g/mol. The van der Waals surface area contributed by atoms with Gasteiger partial charge in [0.1, 0.15) is 11.4 Å². The summed E-state index contributed by atoms with van der Waals surface area (Å²) in [5, 5.41) is 0.790. The fourth-order valence-electron chi connectivity index (χ4n) is 3.06. The van der Waals surface area contributed by atoms with Gasteiger partial charge in [-0.15, -0.1) is 0 Å². The summed E-state index contributed by atoms with van der Waals surface area (Å²) in [6.07, 6.45) is 6.35. The lowest BCUT2D eigenvalue weighted by molar-refractivity contribution is 0.0473. The Balaban J connectivity index is 1.72. The Labute approximate surface area is 128 Å². The zero-order chi connectivity index (χ0) is 14.9. The van der Waals surface area contributed by atoms with Crippen LogP contribution in [0.3, 0.4) is 0 Å². The SMILES string of the molecule is CSc1nccc(N2CCC[C@@]3(CC2)CN(C)C(=O)O3)n1. The lowest BCUT2D eigenvalue weighted by atomic mass is 9.95. The first kappa shape index (κ1) is 14.4. The average Bonchev–Trinajstić information content (AvgIpc) is 2.65. The summed E-state index contributed by atoms with van der Waals surface area (Å²) in [5.41, 5.74) is -0.310. The Kier molecular flexibility index (Phi) is 3.93. The molecule has 6 nitrogen and oxygen atoms in total. The van der Waals surface area contributed by atoms with Crippen LogP contribution in [0.5, 0.6) is 0 Å². The fourth-order valence-corrected chi connectivity index (χ4v) is 3.41.